The first-order valence-electron chi connectivity index (χ1n) is 4.43. The van der Waals surface area contributed by atoms with Gasteiger partial charge in [0, 0.05) is 11.5 Å². The second kappa shape index (κ2) is 4.50. The SMILES string of the molecule is CCS(=O)(CC)=Nc1ccc(F)nc1. The van der Waals surface area contributed by atoms with E-state index in [1.807, 2.05) is 13.8 Å². The molecule has 14 heavy (non-hydrogen) atoms. The quantitative estimate of drug-likeness (QED) is 0.728. The van der Waals surface area contributed by atoms with Gasteiger partial charge in [0.15, 0.2) is 0 Å². The van der Waals surface area contributed by atoms with Crippen LogP contribution >= 0.6 is 0 Å². The highest BCUT2D eigenvalue weighted by Gasteiger charge is 2.03. The van der Waals surface area contributed by atoms with Gasteiger partial charge >= 0.3 is 0 Å². The van der Waals surface area contributed by atoms with E-state index in [0.29, 0.717) is 17.2 Å². The van der Waals surface area contributed by atoms with E-state index in [0.717, 1.165) is 0 Å². The van der Waals surface area contributed by atoms with E-state index in [1.54, 1.807) is 0 Å². The minimum atomic E-state index is -2.17. The van der Waals surface area contributed by atoms with Gasteiger partial charge in [-0.15, -0.1) is 0 Å². The van der Waals surface area contributed by atoms with Crippen molar-refractivity contribution in [1.29, 1.82) is 0 Å². The number of hydrogen-bond acceptors (Lipinski definition) is 3. The van der Waals surface area contributed by atoms with E-state index in [-0.39, 0.29) is 0 Å². The van der Waals surface area contributed by atoms with Crippen LogP contribution in [0.5, 0.6) is 0 Å². The molecule has 0 radical (unpaired) electrons. The molecule has 1 rings (SSSR count). The van der Waals surface area contributed by atoms with Gasteiger partial charge in [-0.1, -0.05) is 13.8 Å². The van der Waals surface area contributed by atoms with E-state index in [4.69, 9.17) is 0 Å². The second-order valence-corrected chi connectivity index (χ2v) is 5.66. The van der Waals surface area contributed by atoms with Crippen LogP contribution in [0.1, 0.15) is 13.8 Å². The van der Waals surface area contributed by atoms with Crippen molar-refractivity contribution in [2.24, 2.45) is 4.36 Å². The standard InChI is InChI=1S/C9H13FN2OS/c1-3-14(13,4-2)12-8-5-6-9(10)11-7-8/h5-7H,3-4H2,1-2H3. The summed E-state index contributed by atoms with van der Waals surface area (Å²) >= 11 is 0. The number of nitrogens with zero attached hydrogens (tertiary/aromatic N) is 2. The van der Waals surface area contributed by atoms with Crippen molar-refractivity contribution in [2.45, 2.75) is 13.8 Å². The molecule has 0 saturated carbocycles. The number of halogens is 1. The van der Waals surface area contributed by atoms with Crippen molar-refractivity contribution in [3.8, 4) is 0 Å². The lowest BCUT2D eigenvalue weighted by molar-refractivity contribution is 0.584. The van der Waals surface area contributed by atoms with E-state index < -0.39 is 15.7 Å². The molecule has 1 heterocycles. The van der Waals surface area contributed by atoms with Crippen LogP contribution in [0.15, 0.2) is 22.7 Å². The Labute approximate surface area is 83.6 Å². The zero-order valence-corrected chi connectivity index (χ0v) is 9.05. The molecule has 0 atom stereocenters. The Morgan fingerprint density at radius 3 is 2.50 bits per heavy atom. The first-order valence-corrected chi connectivity index (χ1v) is 6.29. The summed E-state index contributed by atoms with van der Waals surface area (Å²) in [4.78, 5) is 3.45. The fraction of sp³-hybridized carbons (Fsp3) is 0.444. The van der Waals surface area contributed by atoms with Crippen molar-refractivity contribution in [1.82, 2.24) is 4.98 Å². The molecule has 0 aliphatic rings. The average Bonchev–Trinajstić information content (AvgIpc) is 2.21. The first kappa shape index (κ1) is 11.1. The van der Waals surface area contributed by atoms with Crippen LogP contribution in [0.4, 0.5) is 10.1 Å². The van der Waals surface area contributed by atoms with Crippen LogP contribution in [-0.2, 0) is 9.73 Å². The maximum atomic E-state index is 12.5. The summed E-state index contributed by atoms with van der Waals surface area (Å²) in [5, 5.41) is 0. The molecule has 0 saturated heterocycles. The number of pyridine rings is 1. The third kappa shape index (κ3) is 2.77. The van der Waals surface area contributed by atoms with Crippen molar-refractivity contribution < 1.29 is 8.60 Å². The summed E-state index contributed by atoms with van der Waals surface area (Å²) < 4.78 is 28.4. The van der Waals surface area contributed by atoms with Gasteiger partial charge in [-0.05, 0) is 12.1 Å². The van der Waals surface area contributed by atoms with Gasteiger partial charge in [0.2, 0.25) is 5.95 Å². The van der Waals surface area contributed by atoms with Crippen LogP contribution < -0.4 is 0 Å². The van der Waals surface area contributed by atoms with Crippen LogP contribution in [-0.4, -0.2) is 20.7 Å². The van der Waals surface area contributed by atoms with Gasteiger partial charge in [-0.2, -0.15) is 8.75 Å². The van der Waals surface area contributed by atoms with E-state index in [9.17, 15) is 8.60 Å². The van der Waals surface area contributed by atoms with E-state index in [1.165, 1.54) is 18.3 Å². The average molecular weight is 216 g/mol. The van der Waals surface area contributed by atoms with Gasteiger partial charge in [0.25, 0.3) is 0 Å². The summed E-state index contributed by atoms with van der Waals surface area (Å²) in [6.07, 6.45) is 1.29. The third-order valence-corrected chi connectivity index (χ3v) is 4.23. The zero-order chi connectivity index (χ0) is 10.6. The smallest absolute Gasteiger partial charge is 0.212 e. The highest BCUT2D eigenvalue weighted by atomic mass is 32.2. The lowest BCUT2D eigenvalue weighted by Gasteiger charge is -2.02. The Morgan fingerprint density at radius 1 is 1.43 bits per heavy atom. The van der Waals surface area contributed by atoms with E-state index >= 15 is 0 Å². The molecule has 1 aromatic rings. The fourth-order valence-electron chi connectivity index (χ4n) is 0.947. The molecule has 0 N–H and O–H groups in total. The van der Waals surface area contributed by atoms with Gasteiger partial charge in [-0.3, -0.25) is 0 Å². The maximum absolute atomic E-state index is 12.5. The molecule has 0 aliphatic heterocycles. The Balaban J connectivity index is 3.08. The molecule has 0 unspecified atom stereocenters. The predicted molar refractivity (Wildman–Crippen MR) is 55.5 cm³/mol. The molecule has 0 amide bonds. The molecular formula is C9H13FN2OS. The molecule has 0 aromatic carbocycles. The summed E-state index contributed by atoms with van der Waals surface area (Å²) in [5.41, 5.74) is 0.472. The van der Waals surface area contributed by atoms with E-state index in [2.05, 4.69) is 9.35 Å². The van der Waals surface area contributed by atoms with Crippen molar-refractivity contribution >= 4 is 15.4 Å². The largest absolute Gasteiger partial charge is 0.249 e. The zero-order valence-electron chi connectivity index (χ0n) is 8.24. The molecule has 0 spiro atoms. The maximum Gasteiger partial charge on any atom is 0.212 e. The van der Waals surface area contributed by atoms with Gasteiger partial charge < -0.3 is 0 Å². The van der Waals surface area contributed by atoms with Gasteiger partial charge in [0.1, 0.15) is 0 Å². The van der Waals surface area contributed by atoms with Crippen LogP contribution in [0.3, 0.4) is 0 Å². The second-order valence-electron chi connectivity index (χ2n) is 2.78. The summed E-state index contributed by atoms with van der Waals surface area (Å²) in [7, 11) is -2.17. The number of hydrogen-bond donors (Lipinski definition) is 0. The minimum Gasteiger partial charge on any atom is -0.249 e. The summed E-state index contributed by atoms with van der Waals surface area (Å²) in [6, 6.07) is 2.69. The Hall–Kier alpha value is -0.970. The molecular weight excluding hydrogens is 203 g/mol. The molecule has 1 aromatic heterocycles. The number of rotatable bonds is 3. The van der Waals surface area contributed by atoms with Crippen molar-refractivity contribution in [3.63, 3.8) is 0 Å². The minimum absolute atomic E-state index is 0.472. The third-order valence-electron chi connectivity index (χ3n) is 1.89. The number of aromatic nitrogens is 1. The van der Waals surface area contributed by atoms with Crippen molar-refractivity contribution in [2.75, 3.05) is 11.5 Å². The molecule has 5 heteroatoms. The molecule has 3 nitrogen and oxygen atoms in total. The summed E-state index contributed by atoms with van der Waals surface area (Å²) in [6.45, 7) is 3.65. The monoisotopic (exact) mass is 216 g/mol. The highest BCUT2D eigenvalue weighted by molar-refractivity contribution is 7.93. The topological polar surface area (TPSA) is 42.3 Å². The first-order chi connectivity index (χ1) is 6.59. The van der Waals surface area contributed by atoms with Crippen molar-refractivity contribution in [3.05, 3.63) is 24.3 Å². The Kier molecular flexibility index (Phi) is 3.57. The molecule has 0 fully saturated rings. The fourth-order valence-corrected chi connectivity index (χ4v) is 2.11. The predicted octanol–water partition coefficient (Wildman–Crippen LogP) is 2.36. The Morgan fingerprint density at radius 2 is 2.07 bits per heavy atom. The summed E-state index contributed by atoms with van der Waals surface area (Å²) in [5.74, 6) is 0.449. The molecule has 78 valence electrons. The lowest BCUT2D eigenvalue weighted by Crippen LogP contribution is -2.04. The molecule has 0 bridgehead atoms. The molecule has 0 aliphatic carbocycles. The van der Waals surface area contributed by atoms with Crippen LogP contribution in [0.2, 0.25) is 0 Å². The normalized spacial score (nSPS) is 11.4. The van der Waals surface area contributed by atoms with Crippen LogP contribution in [0, 0.1) is 5.95 Å². The lowest BCUT2D eigenvalue weighted by atomic mass is 10.4. The Bertz CT molecular complexity index is 397. The van der Waals surface area contributed by atoms with Crippen LogP contribution in [0.25, 0.3) is 0 Å². The highest BCUT2D eigenvalue weighted by Crippen LogP contribution is 2.13. The van der Waals surface area contributed by atoms with Gasteiger partial charge in [-0.25, -0.2) is 9.19 Å². The van der Waals surface area contributed by atoms with Gasteiger partial charge in [0.05, 0.1) is 21.6 Å².